The maximum atomic E-state index is 12.7. The Morgan fingerprint density at radius 2 is 2.00 bits per heavy atom. The molecular formula is C16H22N2O2. The second kappa shape index (κ2) is 6.07. The molecule has 0 radical (unpaired) electrons. The predicted octanol–water partition coefficient (Wildman–Crippen LogP) is 2.13. The minimum Gasteiger partial charge on any atom is -0.342 e. The number of rotatable bonds is 4. The number of piperazine rings is 1. The highest BCUT2D eigenvalue weighted by molar-refractivity contribution is 6.07. The zero-order chi connectivity index (χ0) is 14.7. The Balaban J connectivity index is 2.35. The molecule has 2 amide bonds. The van der Waals surface area contributed by atoms with E-state index in [4.69, 9.17) is 0 Å². The van der Waals surface area contributed by atoms with Crippen LogP contribution in [0.3, 0.4) is 0 Å². The Hall–Kier alpha value is -1.84. The minimum atomic E-state index is -0.411. The number of amides is 2. The van der Waals surface area contributed by atoms with Gasteiger partial charge in [0.1, 0.15) is 12.6 Å². The van der Waals surface area contributed by atoms with Crippen LogP contribution in [-0.2, 0) is 16.0 Å². The number of hydrogen-bond acceptors (Lipinski definition) is 2. The second-order valence-corrected chi connectivity index (χ2v) is 5.34. The number of para-hydroxylation sites is 1. The average molecular weight is 274 g/mol. The number of aryl methyl sites for hydroxylation is 1. The van der Waals surface area contributed by atoms with Gasteiger partial charge in [0.2, 0.25) is 11.8 Å². The first-order valence-corrected chi connectivity index (χ1v) is 7.27. The largest absolute Gasteiger partial charge is 0.342 e. The van der Waals surface area contributed by atoms with Crippen LogP contribution >= 0.6 is 0 Å². The van der Waals surface area contributed by atoms with Gasteiger partial charge in [-0.1, -0.05) is 45.4 Å². The Kier molecular flexibility index (Phi) is 4.42. The maximum Gasteiger partial charge on any atom is 0.250 e. The number of anilines is 1. The van der Waals surface area contributed by atoms with Crippen LogP contribution in [0.4, 0.5) is 5.69 Å². The van der Waals surface area contributed by atoms with Crippen molar-refractivity contribution in [3.05, 3.63) is 29.8 Å². The molecule has 0 spiro atoms. The van der Waals surface area contributed by atoms with Crippen LogP contribution in [0.1, 0.15) is 32.8 Å². The summed E-state index contributed by atoms with van der Waals surface area (Å²) in [6.07, 6.45) is 1.70. The van der Waals surface area contributed by atoms with Gasteiger partial charge >= 0.3 is 0 Å². The van der Waals surface area contributed by atoms with E-state index in [9.17, 15) is 9.59 Å². The monoisotopic (exact) mass is 274 g/mol. The fourth-order valence-electron chi connectivity index (χ4n) is 2.57. The maximum absolute atomic E-state index is 12.7. The predicted molar refractivity (Wildman–Crippen MR) is 79.6 cm³/mol. The van der Waals surface area contributed by atoms with Gasteiger partial charge in [-0.2, -0.15) is 0 Å². The molecule has 1 saturated heterocycles. The number of carbonyl (C=O) groups excluding carboxylic acids is 2. The van der Waals surface area contributed by atoms with Gasteiger partial charge < -0.3 is 10.2 Å². The van der Waals surface area contributed by atoms with Crippen molar-refractivity contribution in [1.82, 2.24) is 5.32 Å². The first kappa shape index (κ1) is 14.6. The van der Waals surface area contributed by atoms with Crippen molar-refractivity contribution in [2.24, 2.45) is 5.92 Å². The normalized spacial score (nSPS) is 20.8. The molecule has 1 aliphatic heterocycles. The molecule has 4 heteroatoms. The lowest BCUT2D eigenvalue weighted by Crippen LogP contribution is -2.60. The summed E-state index contributed by atoms with van der Waals surface area (Å²) in [7, 11) is 0. The fraction of sp³-hybridized carbons (Fsp3) is 0.500. The first-order valence-electron chi connectivity index (χ1n) is 7.27. The summed E-state index contributed by atoms with van der Waals surface area (Å²) in [5.41, 5.74) is 1.96. The zero-order valence-electron chi connectivity index (χ0n) is 12.3. The fourth-order valence-corrected chi connectivity index (χ4v) is 2.57. The highest BCUT2D eigenvalue weighted by Gasteiger charge is 2.36. The molecule has 1 aromatic rings. The van der Waals surface area contributed by atoms with Gasteiger partial charge in [-0.25, -0.2) is 0 Å². The van der Waals surface area contributed by atoms with E-state index in [0.29, 0.717) is 0 Å². The van der Waals surface area contributed by atoms with Crippen LogP contribution in [-0.4, -0.2) is 24.4 Å². The van der Waals surface area contributed by atoms with E-state index in [1.54, 1.807) is 4.90 Å². The van der Waals surface area contributed by atoms with E-state index in [2.05, 4.69) is 12.2 Å². The molecule has 0 saturated carbocycles. The van der Waals surface area contributed by atoms with Crippen LogP contribution in [0, 0.1) is 5.92 Å². The lowest BCUT2D eigenvalue weighted by atomic mass is 9.95. The average Bonchev–Trinajstić information content (AvgIpc) is 2.48. The van der Waals surface area contributed by atoms with Gasteiger partial charge in [0, 0.05) is 5.69 Å². The van der Waals surface area contributed by atoms with Crippen LogP contribution < -0.4 is 10.2 Å². The Morgan fingerprint density at radius 1 is 1.30 bits per heavy atom. The van der Waals surface area contributed by atoms with Crippen molar-refractivity contribution in [1.29, 1.82) is 0 Å². The summed E-state index contributed by atoms with van der Waals surface area (Å²) >= 11 is 0. The lowest BCUT2D eigenvalue weighted by molar-refractivity contribution is -0.132. The summed E-state index contributed by atoms with van der Waals surface area (Å²) in [5, 5.41) is 2.82. The summed E-state index contributed by atoms with van der Waals surface area (Å²) < 4.78 is 0. The molecule has 1 aromatic carbocycles. The molecule has 1 heterocycles. The van der Waals surface area contributed by atoms with Gasteiger partial charge in [0.25, 0.3) is 0 Å². The van der Waals surface area contributed by atoms with Crippen molar-refractivity contribution in [3.63, 3.8) is 0 Å². The third-order valence-electron chi connectivity index (χ3n) is 4.03. The highest BCUT2D eigenvalue weighted by atomic mass is 16.2. The standard InChI is InChI=1S/C16H22N2O2/c1-4-11(3)15-16(20)18(10-14(19)17-15)13-9-7-6-8-12(13)5-2/h6-9,11,15H,4-5,10H2,1-3H3,(H,17,19). The molecule has 4 nitrogen and oxygen atoms in total. The molecule has 0 aromatic heterocycles. The van der Waals surface area contributed by atoms with E-state index >= 15 is 0 Å². The molecule has 1 fully saturated rings. The van der Waals surface area contributed by atoms with E-state index < -0.39 is 6.04 Å². The van der Waals surface area contributed by atoms with Crippen LogP contribution in [0.15, 0.2) is 24.3 Å². The molecular weight excluding hydrogens is 252 g/mol. The molecule has 20 heavy (non-hydrogen) atoms. The zero-order valence-corrected chi connectivity index (χ0v) is 12.3. The van der Waals surface area contributed by atoms with Crippen molar-refractivity contribution < 1.29 is 9.59 Å². The van der Waals surface area contributed by atoms with E-state index in [1.165, 1.54) is 0 Å². The van der Waals surface area contributed by atoms with Gasteiger partial charge in [-0.3, -0.25) is 9.59 Å². The first-order chi connectivity index (χ1) is 9.58. The van der Waals surface area contributed by atoms with Crippen molar-refractivity contribution in [2.45, 2.75) is 39.7 Å². The van der Waals surface area contributed by atoms with Gasteiger partial charge in [0.05, 0.1) is 0 Å². The Labute approximate surface area is 120 Å². The van der Waals surface area contributed by atoms with E-state index in [0.717, 1.165) is 24.1 Å². The second-order valence-electron chi connectivity index (χ2n) is 5.34. The van der Waals surface area contributed by atoms with Crippen LogP contribution in [0.2, 0.25) is 0 Å². The number of hydrogen-bond donors (Lipinski definition) is 1. The summed E-state index contributed by atoms with van der Waals surface area (Å²) in [6.45, 7) is 6.20. The van der Waals surface area contributed by atoms with E-state index in [1.807, 2.05) is 38.1 Å². The minimum absolute atomic E-state index is 0.000139. The Bertz CT molecular complexity index is 513. The molecule has 2 rings (SSSR count). The van der Waals surface area contributed by atoms with Gasteiger partial charge in [-0.15, -0.1) is 0 Å². The van der Waals surface area contributed by atoms with Crippen LogP contribution in [0.25, 0.3) is 0 Å². The number of nitrogens with one attached hydrogen (secondary N) is 1. The smallest absolute Gasteiger partial charge is 0.250 e. The number of benzene rings is 1. The quantitative estimate of drug-likeness (QED) is 0.914. The highest BCUT2D eigenvalue weighted by Crippen LogP contribution is 2.25. The molecule has 2 unspecified atom stereocenters. The molecule has 1 N–H and O–H groups in total. The van der Waals surface area contributed by atoms with Gasteiger partial charge in [-0.05, 0) is 24.0 Å². The lowest BCUT2D eigenvalue weighted by Gasteiger charge is -2.36. The summed E-state index contributed by atoms with van der Waals surface area (Å²) in [4.78, 5) is 26.2. The molecule has 1 aliphatic rings. The van der Waals surface area contributed by atoms with Crippen molar-refractivity contribution >= 4 is 17.5 Å². The molecule has 108 valence electrons. The molecule has 2 atom stereocenters. The summed E-state index contributed by atoms with van der Waals surface area (Å²) in [6, 6.07) is 7.39. The van der Waals surface area contributed by atoms with Crippen molar-refractivity contribution in [2.75, 3.05) is 11.4 Å². The third kappa shape index (κ3) is 2.69. The van der Waals surface area contributed by atoms with Crippen LogP contribution in [0.5, 0.6) is 0 Å². The SMILES string of the molecule is CCc1ccccc1N1CC(=O)NC(C(C)CC)C1=O. The van der Waals surface area contributed by atoms with Gasteiger partial charge in [0.15, 0.2) is 0 Å². The summed E-state index contributed by atoms with van der Waals surface area (Å²) in [5.74, 6) is 0.0590. The number of nitrogens with zero attached hydrogens (tertiary/aromatic N) is 1. The topological polar surface area (TPSA) is 49.4 Å². The molecule has 0 bridgehead atoms. The van der Waals surface area contributed by atoms with Crippen molar-refractivity contribution in [3.8, 4) is 0 Å². The molecule has 0 aliphatic carbocycles. The third-order valence-corrected chi connectivity index (χ3v) is 4.03. The van der Waals surface area contributed by atoms with E-state index in [-0.39, 0.29) is 24.3 Å². The number of carbonyl (C=O) groups is 2. The Morgan fingerprint density at radius 3 is 2.65 bits per heavy atom.